The Kier molecular flexibility index (Phi) is 4.39. The molecule has 1 aromatic heterocycles. The number of likely N-dealkylation sites (N-methyl/N-ethyl adjacent to an activating group) is 1. The average molecular weight is 274 g/mol. The molecule has 20 heavy (non-hydrogen) atoms. The number of rotatable bonds is 5. The fourth-order valence-corrected chi connectivity index (χ4v) is 2.16. The van der Waals surface area contributed by atoms with Gasteiger partial charge in [0.15, 0.2) is 0 Å². The fraction of sp³-hybridized carbons (Fsp3) is 0.467. The van der Waals surface area contributed by atoms with Crippen LogP contribution in [-0.2, 0) is 17.8 Å². The van der Waals surface area contributed by atoms with Crippen LogP contribution in [0, 0.1) is 0 Å². The van der Waals surface area contributed by atoms with Crippen molar-refractivity contribution >= 4 is 16.9 Å². The molecule has 2 aromatic rings. The lowest BCUT2D eigenvalue weighted by Crippen LogP contribution is -2.35. The van der Waals surface area contributed by atoms with Crippen molar-refractivity contribution in [2.75, 3.05) is 13.6 Å². The van der Waals surface area contributed by atoms with E-state index in [0.717, 1.165) is 16.9 Å². The van der Waals surface area contributed by atoms with Gasteiger partial charge < -0.3 is 15.2 Å². The molecule has 0 atom stereocenters. The van der Waals surface area contributed by atoms with Gasteiger partial charge in [0, 0.05) is 19.5 Å². The highest BCUT2D eigenvalue weighted by molar-refractivity contribution is 5.81. The summed E-state index contributed by atoms with van der Waals surface area (Å²) in [4.78, 5) is 18.6. The van der Waals surface area contributed by atoms with E-state index in [1.807, 2.05) is 49.7 Å². The first-order chi connectivity index (χ1) is 9.54. The third-order valence-electron chi connectivity index (χ3n) is 3.56. The summed E-state index contributed by atoms with van der Waals surface area (Å²) in [5, 5.41) is 0. The number of hydrogen-bond donors (Lipinski definition) is 1. The maximum atomic E-state index is 12.3. The molecule has 0 fully saturated rings. The van der Waals surface area contributed by atoms with Crippen LogP contribution in [0.4, 0.5) is 0 Å². The summed E-state index contributed by atoms with van der Waals surface area (Å²) in [7, 11) is 1.83. The molecule has 2 rings (SSSR count). The molecule has 5 nitrogen and oxygen atoms in total. The molecule has 0 spiro atoms. The zero-order chi connectivity index (χ0) is 14.7. The fourth-order valence-electron chi connectivity index (χ4n) is 2.16. The standard InChI is InChI=1S/C15H22N4O/c1-11(2)18(3)15(20)10-19-13-7-5-4-6-12(13)17-14(19)8-9-16/h4-7,11H,8-10,16H2,1-3H3. The number of nitrogens with zero attached hydrogens (tertiary/aromatic N) is 3. The third kappa shape index (κ3) is 2.82. The number of amides is 1. The van der Waals surface area contributed by atoms with E-state index in [1.165, 1.54) is 0 Å². The Hall–Kier alpha value is -1.88. The smallest absolute Gasteiger partial charge is 0.242 e. The van der Waals surface area contributed by atoms with Crippen LogP contribution in [0.1, 0.15) is 19.7 Å². The molecule has 0 radical (unpaired) electrons. The predicted octanol–water partition coefficient (Wildman–Crippen LogP) is 1.40. The second kappa shape index (κ2) is 6.05. The third-order valence-corrected chi connectivity index (χ3v) is 3.56. The zero-order valence-electron chi connectivity index (χ0n) is 12.3. The zero-order valence-corrected chi connectivity index (χ0v) is 12.3. The topological polar surface area (TPSA) is 64.2 Å². The van der Waals surface area contributed by atoms with Gasteiger partial charge in [-0.05, 0) is 32.5 Å². The second-order valence-electron chi connectivity index (χ2n) is 5.24. The van der Waals surface area contributed by atoms with Crippen LogP contribution in [0.5, 0.6) is 0 Å². The molecule has 5 heteroatoms. The lowest BCUT2D eigenvalue weighted by molar-refractivity contribution is -0.131. The van der Waals surface area contributed by atoms with E-state index in [4.69, 9.17) is 5.73 Å². The highest BCUT2D eigenvalue weighted by Crippen LogP contribution is 2.16. The van der Waals surface area contributed by atoms with E-state index >= 15 is 0 Å². The maximum absolute atomic E-state index is 12.3. The number of carbonyl (C=O) groups excluding carboxylic acids is 1. The quantitative estimate of drug-likeness (QED) is 0.896. The van der Waals surface area contributed by atoms with Crippen LogP contribution < -0.4 is 5.73 Å². The number of imidazole rings is 1. The van der Waals surface area contributed by atoms with Crippen LogP contribution in [0.2, 0.25) is 0 Å². The molecular weight excluding hydrogens is 252 g/mol. The van der Waals surface area contributed by atoms with Crippen molar-refractivity contribution in [1.82, 2.24) is 14.5 Å². The first-order valence-electron chi connectivity index (χ1n) is 6.94. The first-order valence-corrected chi connectivity index (χ1v) is 6.94. The summed E-state index contributed by atoms with van der Waals surface area (Å²) in [6, 6.07) is 8.06. The number of carbonyl (C=O) groups is 1. The minimum absolute atomic E-state index is 0.0847. The molecule has 0 saturated carbocycles. The van der Waals surface area contributed by atoms with Gasteiger partial charge in [-0.25, -0.2) is 4.98 Å². The highest BCUT2D eigenvalue weighted by atomic mass is 16.2. The van der Waals surface area contributed by atoms with Crippen molar-refractivity contribution in [3.63, 3.8) is 0 Å². The van der Waals surface area contributed by atoms with Gasteiger partial charge >= 0.3 is 0 Å². The largest absolute Gasteiger partial charge is 0.342 e. The van der Waals surface area contributed by atoms with Crippen molar-refractivity contribution in [3.05, 3.63) is 30.1 Å². The van der Waals surface area contributed by atoms with Crippen molar-refractivity contribution in [2.24, 2.45) is 5.73 Å². The van der Waals surface area contributed by atoms with E-state index in [1.54, 1.807) is 4.90 Å². The molecule has 1 aromatic carbocycles. The molecule has 0 bridgehead atoms. The summed E-state index contributed by atoms with van der Waals surface area (Å²) in [6.45, 7) is 4.84. The molecule has 0 saturated heterocycles. The number of benzene rings is 1. The molecule has 0 unspecified atom stereocenters. The van der Waals surface area contributed by atoms with Crippen molar-refractivity contribution < 1.29 is 4.79 Å². The van der Waals surface area contributed by atoms with E-state index in [0.29, 0.717) is 19.5 Å². The molecule has 0 aliphatic carbocycles. The molecular formula is C15H22N4O. The molecule has 1 amide bonds. The number of aromatic nitrogens is 2. The summed E-state index contributed by atoms with van der Waals surface area (Å²) in [5.41, 5.74) is 7.54. The van der Waals surface area contributed by atoms with Gasteiger partial charge in [-0.15, -0.1) is 0 Å². The van der Waals surface area contributed by atoms with Gasteiger partial charge in [0.2, 0.25) is 5.91 Å². The first kappa shape index (κ1) is 14.5. The summed E-state index contributed by atoms with van der Waals surface area (Å²) >= 11 is 0. The Bertz CT molecular complexity index is 603. The maximum Gasteiger partial charge on any atom is 0.242 e. The van der Waals surface area contributed by atoms with Crippen molar-refractivity contribution in [3.8, 4) is 0 Å². The molecule has 108 valence electrons. The van der Waals surface area contributed by atoms with Crippen LogP contribution in [0.25, 0.3) is 11.0 Å². The van der Waals surface area contributed by atoms with Gasteiger partial charge in [-0.2, -0.15) is 0 Å². The summed E-state index contributed by atoms with van der Waals surface area (Å²) in [5.74, 6) is 0.959. The van der Waals surface area contributed by atoms with Crippen molar-refractivity contribution in [1.29, 1.82) is 0 Å². The molecule has 0 aliphatic heterocycles. The Labute approximate surface area is 119 Å². The number of nitrogens with two attached hydrogens (primary N) is 1. The second-order valence-corrected chi connectivity index (χ2v) is 5.24. The lowest BCUT2D eigenvalue weighted by atomic mass is 10.3. The average Bonchev–Trinajstić information content (AvgIpc) is 2.76. The Balaban J connectivity index is 2.36. The van der Waals surface area contributed by atoms with Gasteiger partial charge in [-0.1, -0.05) is 12.1 Å². The SMILES string of the molecule is CC(C)N(C)C(=O)Cn1c(CCN)nc2ccccc21. The Morgan fingerprint density at radius 1 is 1.40 bits per heavy atom. The summed E-state index contributed by atoms with van der Waals surface area (Å²) < 4.78 is 1.98. The van der Waals surface area contributed by atoms with Gasteiger partial charge in [-0.3, -0.25) is 4.79 Å². The normalized spacial score (nSPS) is 11.2. The van der Waals surface area contributed by atoms with Crippen LogP contribution in [-0.4, -0.2) is 40.0 Å². The van der Waals surface area contributed by atoms with Crippen molar-refractivity contribution in [2.45, 2.75) is 32.9 Å². The van der Waals surface area contributed by atoms with E-state index in [9.17, 15) is 4.79 Å². The minimum atomic E-state index is 0.0847. The number of para-hydroxylation sites is 2. The Morgan fingerprint density at radius 3 is 2.75 bits per heavy atom. The minimum Gasteiger partial charge on any atom is -0.342 e. The monoisotopic (exact) mass is 274 g/mol. The molecule has 0 aliphatic rings. The lowest BCUT2D eigenvalue weighted by Gasteiger charge is -2.22. The predicted molar refractivity (Wildman–Crippen MR) is 80.4 cm³/mol. The van der Waals surface area contributed by atoms with Crippen LogP contribution in [0.15, 0.2) is 24.3 Å². The van der Waals surface area contributed by atoms with E-state index in [-0.39, 0.29) is 11.9 Å². The Morgan fingerprint density at radius 2 is 2.10 bits per heavy atom. The van der Waals surface area contributed by atoms with Gasteiger partial charge in [0.1, 0.15) is 12.4 Å². The van der Waals surface area contributed by atoms with E-state index < -0.39 is 0 Å². The molecule has 1 heterocycles. The summed E-state index contributed by atoms with van der Waals surface area (Å²) in [6.07, 6.45) is 0.674. The van der Waals surface area contributed by atoms with Crippen LogP contribution >= 0.6 is 0 Å². The number of fused-ring (bicyclic) bond motifs is 1. The van der Waals surface area contributed by atoms with Gasteiger partial charge in [0.05, 0.1) is 11.0 Å². The van der Waals surface area contributed by atoms with Crippen LogP contribution in [0.3, 0.4) is 0 Å². The number of hydrogen-bond acceptors (Lipinski definition) is 3. The molecule has 2 N–H and O–H groups in total. The van der Waals surface area contributed by atoms with Gasteiger partial charge in [0.25, 0.3) is 0 Å². The van der Waals surface area contributed by atoms with E-state index in [2.05, 4.69) is 4.98 Å². The highest BCUT2D eigenvalue weighted by Gasteiger charge is 2.16.